The van der Waals surface area contributed by atoms with Gasteiger partial charge in [0.1, 0.15) is 6.54 Å². The first kappa shape index (κ1) is 16.5. The second-order valence-electron chi connectivity index (χ2n) is 6.49. The molecule has 1 aromatic carbocycles. The summed E-state index contributed by atoms with van der Waals surface area (Å²) in [6.45, 7) is 1.25. The molecule has 0 atom stereocenters. The standard InChI is InChI=1S/C18H23N3O3/c22-16(19-15-8-4-5-9-15)13-21-11-10-20(17(23)18(21)24)12-14-6-2-1-3-7-14/h1-3,6-7,15H,4-5,8-13H2,(H,19,22). The Kier molecular flexibility index (Phi) is 5.13. The molecule has 1 aliphatic heterocycles. The first-order valence-electron chi connectivity index (χ1n) is 8.55. The number of benzene rings is 1. The zero-order chi connectivity index (χ0) is 16.9. The molecule has 0 radical (unpaired) electrons. The lowest BCUT2D eigenvalue weighted by atomic mass is 10.2. The maximum atomic E-state index is 12.3. The fourth-order valence-corrected chi connectivity index (χ4v) is 3.34. The average molecular weight is 329 g/mol. The molecule has 0 spiro atoms. The Hall–Kier alpha value is -2.37. The minimum Gasteiger partial charge on any atom is -0.352 e. The molecule has 6 heteroatoms. The van der Waals surface area contributed by atoms with Gasteiger partial charge >= 0.3 is 11.8 Å². The van der Waals surface area contributed by atoms with Crippen LogP contribution in [-0.4, -0.2) is 53.2 Å². The van der Waals surface area contributed by atoms with E-state index in [9.17, 15) is 14.4 Å². The molecular weight excluding hydrogens is 306 g/mol. The molecule has 24 heavy (non-hydrogen) atoms. The van der Waals surface area contributed by atoms with Gasteiger partial charge in [-0.15, -0.1) is 0 Å². The smallest absolute Gasteiger partial charge is 0.312 e. The quantitative estimate of drug-likeness (QED) is 0.817. The molecule has 3 rings (SSSR count). The molecule has 1 aromatic rings. The molecule has 2 fully saturated rings. The molecular formula is C18H23N3O3. The van der Waals surface area contributed by atoms with Crippen LogP contribution in [0.1, 0.15) is 31.2 Å². The minimum atomic E-state index is -0.584. The van der Waals surface area contributed by atoms with Crippen molar-refractivity contribution >= 4 is 17.7 Å². The van der Waals surface area contributed by atoms with Crippen molar-refractivity contribution in [1.82, 2.24) is 15.1 Å². The van der Waals surface area contributed by atoms with E-state index in [1.54, 1.807) is 4.90 Å². The van der Waals surface area contributed by atoms with Gasteiger partial charge in [-0.05, 0) is 18.4 Å². The van der Waals surface area contributed by atoms with Crippen molar-refractivity contribution in [3.63, 3.8) is 0 Å². The van der Waals surface area contributed by atoms with Crippen molar-refractivity contribution in [3.8, 4) is 0 Å². The minimum absolute atomic E-state index is 0.0275. The summed E-state index contributed by atoms with van der Waals surface area (Å²) in [5, 5.41) is 2.95. The van der Waals surface area contributed by atoms with E-state index in [0.29, 0.717) is 19.6 Å². The monoisotopic (exact) mass is 329 g/mol. The molecule has 2 aliphatic rings. The second kappa shape index (κ2) is 7.47. The van der Waals surface area contributed by atoms with Gasteiger partial charge < -0.3 is 15.1 Å². The molecule has 3 amide bonds. The highest BCUT2D eigenvalue weighted by Gasteiger charge is 2.33. The third kappa shape index (κ3) is 3.93. The van der Waals surface area contributed by atoms with Gasteiger partial charge in [-0.1, -0.05) is 43.2 Å². The predicted molar refractivity (Wildman–Crippen MR) is 88.8 cm³/mol. The molecule has 1 heterocycles. The van der Waals surface area contributed by atoms with E-state index < -0.39 is 11.8 Å². The van der Waals surface area contributed by atoms with Gasteiger partial charge in [-0.25, -0.2) is 0 Å². The fraction of sp³-hybridized carbons (Fsp3) is 0.500. The van der Waals surface area contributed by atoms with Crippen molar-refractivity contribution < 1.29 is 14.4 Å². The lowest BCUT2D eigenvalue weighted by Crippen LogP contribution is -2.56. The van der Waals surface area contributed by atoms with Crippen molar-refractivity contribution in [3.05, 3.63) is 35.9 Å². The van der Waals surface area contributed by atoms with E-state index in [0.717, 1.165) is 31.2 Å². The van der Waals surface area contributed by atoms with E-state index in [1.165, 1.54) is 4.90 Å². The van der Waals surface area contributed by atoms with Crippen molar-refractivity contribution in [1.29, 1.82) is 0 Å². The van der Waals surface area contributed by atoms with Gasteiger partial charge in [0, 0.05) is 25.7 Å². The van der Waals surface area contributed by atoms with Gasteiger partial charge in [0.25, 0.3) is 0 Å². The molecule has 1 N–H and O–H groups in total. The fourth-order valence-electron chi connectivity index (χ4n) is 3.34. The van der Waals surface area contributed by atoms with Crippen LogP contribution in [0.25, 0.3) is 0 Å². The zero-order valence-corrected chi connectivity index (χ0v) is 13.7. The maximum Gasteiger partial charge on any atom is 0.312 e. The van der Waals surface area contributed by atoms with Crippen LogP contribution in [0.5, 0.6) is 0 Å². The summed E-state index contributed by atoms with van der Waals surface area (Å²) in [4.78, 5) is 39.5. The molecule has 0 aromatic heterocycles. The number of carbonyl (C=O) groups excluding carboxylic acids is 3. The molecule has 1 aliphatic carbocycles. The Labute approximate surface area is 141 Å². The van der Waals surface area contributed by atoms with Crippen LogP contribution >= 0.6 is 0 Å². The van der Waals surface area contributed by atoms with E-state index >= 15 is 0 Å². The molecule has 0 unspecified atom stereocenters. The number of carbonyl (C=O) groups is 3. The average Bonchev–Trinajstić information content (AvgIpc) is 3.08. The first-order valence-corrected chi connectivity index (χ1v) is 8.55. The summed E-state index contributed by atoms with van der Waals surface area (Å²) >= 11 is 0. The molecule has 6 nitrogen and oxygen atoms in total. The van der Waals surface area contributed by atoms with E-state index in [2.05, 4.69) is 5.32 Å². The summed E-state index contributed by atoms with van der Waals surface area (Å²) in [6, 6.07) is 9.81. The summed E-state index contributed by atoms with van der Waals surface area (Å²) in [6.07, 6.45) is 4.29. The molecule has 1 saturated heterocycles. The maximum absolute atomic E-state index is 12.3. The van der Waals surface area contributed by atoms with Gasteiger partial charge in [0.05, 0.1) is 0 Å². The molecule has 1 saturated carbocycles. The van der Waals surface area contributed by atoms with Crippen LogP contribution in [0.15, 0.2) is 30.3 Å². The summed E-state index contributed by atoms with van der Waals surface area (Å²) in [5.74, 6) is -1.28. The van der Waals surface area contributed by atoms with Gasteiger partial charge in [0.15, 0.2) is 0 Å². The SMILES string of the molecule is O=C(CN1CCN(Cc2ccccc2)C(=O)C1=O)NC1CCCC1. The van der Waals surface area contributed by atoms with Crippen LogP contribution in [0.2, 0.25) is 0 Å². The topological polar surface area (TPSA) is 69.7 Å². The Morgan fingerprint density at radius 1 is 1.00 bits per heavy atom. The van der Waals surface area contributed by atoms with E-state index in [4.69, 9.17) is 0 Å². The van der Waals surface area contributed by atoms with Crippen LogP contribution in [-0.2, 0) is 20.9 Å². The van der Waals surface area contributed by atoms with Crippen molar-refractivity contribution in [2.45, 2.75) is 38.3 Å². The Morgan fingerprint density at radius 3 is 2.33 bits per heavy atom. The van der Waals surface area contributed by atoms with Crippen molar-refractivity contribution in [2.75, 3.05) is 19.6 Å². The highest BCUT2D eigenvalue weighted by Crippen LogP contribution is 2.17. The summed E-state index contributed by atoms with van der Waals surface area (Å²) in [7, 11) is 0. The predicted octanol–water partition coefficient (Wildman–Crippen LogP) is 0.916. The van der Waals surface area contributed by atoms with Gasteiger partial charge in [0.2, 0.25) is 5.91 Å². The highest BCUT2D eigenvalue weighted by molar-refractivity contribution is 6.35. The number of hydrogen-bond donors (Lipinski definition) is 1. The third-order valence-corrected chi connectivity index (χ3v) is 4.67. The first-order chi connectivity index (χ1) is 11.6. The number of amides is 3. The Balaban J connectivity index is 1.52. The van der Waals surface area contributed by atoms with Crippen LogP contribution in [0, 0.1) is 0 Å². The number of rotatable bonds is 5. The van der Waals surface area contributed by atoms with E-state index in [-0.39, 0.29) is 18.5 Å². The van der Waals surface area contributed by atoms with Crippen molar-refractivity contribution in [2.24, 2.45) is 0 Å². The van der Waals surface area contributed by atoms with Crippen LogP contribution < -0.4 is 5.32 Å². The number of piperazine rings is 1. The molecule has 0 bridgehead atoms. The van der Waals surface area contributed by atoms with Crippen LogP contribution in [0.3, 0.4) is 0 Å². The number of hydrogen-bond acceptors (Lipinski definition) is 3. The Bertz CT molecular complexity index is 611. The summed E-state index contributed by atoms with van der Waals surface area (Å²) in [5.41, 5.74) is 0.992. The normalized spacial score (nSPS) is 19.0. The lowest BCUT2D eigenvalue weighted by Gasteiger charge is -2.33. The lowest BCUT2D eigenvalue weighted by molar-refractivity contribution is -0.157. The van der Waals surface area contributed by atoms with Gasteiger partial charge in [-0.2, -0.15) is 0 Å². The zero-order valence-electron chi connectivity index (χ0n) is 13.7. The number of nitrogens with zero attached hydrogens (tertiary/aromatic N) is 2. The highest BCUT2D eigenvalue weighted by atomic mass is 16.2. The third-order valence-electron chi connectivity index (χ3n) is 4.67. The van der Waals surface area contributed by atoms with Gasteiger partial charge in [-0.3, -0.25) is 14.4 Å². The van der Waals surface area contributed by atoms with Crippen LogP contribution in [0.4, 0.5) is 0 Å². The molecule has 128 valence electrons. The second-order valence-corrected chi connectivity index (χ2v) is 6.49. The number of nitrogens with one attached hydrogen (secondary N) is 1. The van der Waals surface area contributed by atoms with E-state index in [1.807, 2.05) is 30.3 Å². The summed E-state index contributed by atoms with van der Waals surface area (Å²) < 4.78 is 0. The Morgan fingerprint density at radius 2 is 1.62 bits per heavy atom. The largest absolute Gasteiger partial charge is 0.352 e.